The average Bonchev–Trinajstić information content (AvgIpc) is 2.21. The number of hydrogen-bond acceptors (Lipinski definition) is 4. The number of fused-ring (bicyclic) bond motifs is 3. The lowest BCUT2D eigenvalue weighted by atomic mass is 9.93. The zero-order chi connectivity index (χ0) is 8.66. The molecule has 0 atom stereocenters. The highest BCUT2D eigenvalue weighted by atomic mass is 31.2. The molecular weight excluding hydrogens is 179 g/mol. The normalized spacial score (nSPS) is 46.5. The van der Waals surface area contributed by atoms with Crippen LogP contribution >= 0.6 is 7.94 Å². The second kappa shape index (κ2) is 2.89. The SMILES string of the molecule is CC[P+]12OCC(CO)(CO1)CO2. The Morgan fingerprint density at radius 1 is 1.25 bits per heavy atom. The Morgan fingerprint density at radius 3 is 2.08 bits per heavy atom. The molecule has 3 heterocycles. The van der Waals surface area contributed by atoms with Gasteiger partial charge in [-0.25, -0.2) is 0 Å². The van der Waals surface area contributed by atoms with Crippen molar-refractivity contribution in [1.82, 2.24) is 0 Å². The molecule has 3 saturated heterocycles. The van der Waals surface area contributed by atoms with E-state index in [1.807, 2.05) is 6.92 Å². The summed E-state index contributed by atoms with van der Waals surface area (Å²) in [5.74, 6) is 0. The highest BCUT2D eigenvalue weighted by Gasteiger charge is 2.59. The predicted octanol–water partition coefficient (Wildman–Crippen LogP) is 0.825. The molecular formula is C7H14O4P+. The van der Waals surface area contributed by atoms with Gasteiger partial charge in [0.15, 0.2) is 0 Å². The van der Waals surface area contributed by atoms with Crippen molar-refractivity contribution in [2.45, 2.75) is 6.92 Å². The monoisotopic (exact) mass is 193 g/mol. The summed E-state index contributed by atoms with van der Waals surface area (Å²) >= 11 is 0. The van der Waals surface area contributed by atoms with Gasteiger partial charge in [-0.15, -0.1) is 0 Å². The average molecular weight is 193 g/mol. The van der Waals surface area contributed by atoms with Crippen molar-refractivity contribution in [2.75, 3.05) is 32.6 Å². The number of rotatable bonds is 2. The van der Waals surface area contributed by atoms with Gasteiger partial charge in [0, 0.05) is 0 Å². The Morgan fingerprint density at radius 2 is 1.75 bits per heavy atom. The summed E-state index contributed by atoms with van der Waals surface area (Å²) in [6.45, 7) is 3.85. The second-order valence-electron chi connectivity index (χ2n) is 3.41. The zero-order valence-electron chi connectivity index (χ0n) is 7.15. The standard InChI is InChI=1S/C7H14O4P/c1-2-12-9-4-7(3-8,5-10-12)6-11-12/h8H,2-6H2,1H3/q+1. The van der Waals surface area contributed by atoms with Gasteiger partial charge in [-0.3, -0.25) is 0 Å². The Bertz CT molecular complexity index is 140. The van der Waals surface area contributed by atoms with Gasteiger partial charge in [-0.1, -0.05) is 0 Å². The van der Waals surface area contributed by atoms with Crippen LogP contribution in [0.15, 0.2) is 0 Å². The minimum absolute atomic E-state index is 0.0801. The van der Waals surface area contributed by atoms with E-state index in [-0.39, 0.29) is 12.0 Å². The van der Waals surface area contributed by atoms with Gasteiger partial charge in [-0.2, -0.15) is 13.6 Å². The molecule has 0 saturated carbocycles. The summed E-state index contributed by atoms with van der Waals surface area (Å²) in [5.41, 5.74) is -0.281. The van der Waals surface area contributed by atoms with E-state index in [9.17, 15) is 0 Å². The van der Waals surface area contributed by atoms with Crippen molar-refractivity contribution in [3.8, 4) is 0 Å². The van der Waals surface area contributed by atoms with Gasteiger partial charge in [-0.05, 0) is 6.92 Å². The van der Waals surface area contributed by atoms with Gasteiger partial charge < -0.3 is 5.11 Å². The van der Waals surface area contributed by atoms with Gasteiger partial charge in [0.05, 0.1) is 12.0 Å². The van der Waals surface area contributed by atoms with E-state index in [1.54, 1.807) is 0 Å². The fraction of sp³-hybridized carbons (Fsp3) is 1.00. The molecule has 0 spiro atoms. The molecule has 0 radical (unpaired) electrons. The van der Waals surface area contributed by atoms with Gasteiger partial charge in [0.25, 0.3) is 0 Å². The van der Waals surface area contributed by atoms with Crippen LogP contribution in [0.5, 0.6) is 0 Å². The summed E-state index contributed by atoms with van der Waals surface area (Å²) in [5, 5.41) is 9.10. The third-order valence-corrected chi connectivity index (χ3v) is 4.77. The number of aliphatic hydroxyl groups is 1. The van der Waals surface area contributed by atoms with Crippen LogP contribution in [-0.4, -0.2) is 37.7 Å². The molecule has 3 rings (SSSR count). The fourth-order valence-corrected chi connectivity index (χ4v) is 3.54. The molecule has 2 bridgehead atoms. The quantitative estimate of drug-likeness (QED) is 0.660. The molecule has 1 N–H and O–H groups in total. The summed E-state index contributed by atoms with van der Waals surface area (Å²) in [6, 6.07) is 0. The third-order valence-electron chi connectivity index (χ3n) is 2.43. The van der Waals surface area contributed by atoms with Gasteiger partial charge in [0.1, 0.15) is 26.0 Å². The van der Waals surface area contributed by atoms with Crippen molar-refractivity contribution in [3.05, 3.63) is 0 Å². The van der Waals surface area contributed by atoms with Crippen molar-refractivity contribution < 1.29 is 18.7 Å². The van der Waals surface area contributed by atoms with Crippen LogP contribution in [0.3, 0.4) is 0 Å². The molecule has 4 nitrogen and oxygen atoms in total. The molecule has 0 aromatic heterocycles. The largest absolute Gasteiger partial charge is 0.411 e. The van der Waals surface area contributed by atoms with Crippen LogP contribution in [0.2, 0.25) is 0 Å². The summed E-state index contributed by atoms with van der Waals surface area (Å²) in [6.07, 6.45) is 0.800. The minimum atomic E-state index is -1.95. The van der Waals surface area contributed by atoms with Crippen LogP contribution in [0.25, 0.3) is 0 Å². The van der Waals surface area contributed by atoms with Crippen LogP contribution in [0.4, 0.5) is 0 Å². The lowest BCUT2D eigenvalue weighted by Crippen LogP contribution is -2.49. The van der Waals surface area contributed by atoms with Gasteiger partial charge in [0.2, 0.25) is 0 Å². The van der Waals surface area contributed by atoms with Crippen molar-refractivity contribution in [2.24, 2.45) is 5.41 Å². The molecule has 0 aliphatic carbocycles. The zero-order valence-corrected chi connectivity index (χ0v) is 8.05. The molecule has 3 aliphatic heterocycles. The Labute approximate surface area is 72.4 Å². The molecule has 0 aromatic rings. The Hall–Kier alpha value is 0.270. The Balaban J connectivity index is 2.09. The van der Waals surface area contributed by atoms with Crippen LogP contribution in [-0.2, 0) is 13.6 Å². The maximum atomic E-state index is 9.10. The molecule has 3 aliphatic rings. The van der Waals surface area contributed by atoms with Crippen LogP contribution < -0.4 is 0 Å². The summed E-state index contributed by atoms with van der Waals surface area (Å²) in [7, 11) is -1.95. The van der Waals surface area contributed by atoms with E-state index in [0.29, 0.717) is 19.8 Å². The maximum absolute atomic E-state index is 9.10. The van der Waals surface area contributed by atoms with E-state index >= 15 is 0 Å². The molecule has 70 valence electrons. The minimum Gasteiger partial charge on any atom is -0.396 e. The molecule has 0 unspecified atom stereocenters. The molecule has 3 fully saturated rings. The first-order chi connectivity index (χ1) is 5.74. The fourth-order valence-electron chi connectivity index (χ4n) is 1.35. The molecule has 5 heteroatoms. The lowest BCUT2D eigenvalue weighted by Gasteiger charge is -2.42. The van der Waals surface area contributed by atoms with E-state index in [0.717, 1.165) is 6.16 Å². The second-order valence-corrected chi connectivity index (χ2v) is 6.03. The predicted molar refractivity (Wildman–Crippen MR) is 44.8 cm³/mol. The maximum Gasteiger partial charge on any atom is 0.411 e. The molecule has 0 aromatic carbocycles. The van der Waals surface area contributed by atoms with Crippen LogP contribution in [0.1, 0.15) is 6.92 Å². The Kier molecular flexibility index (Phi) is 2.13. The van der Waals surface area contributed by atoms with Crippen molar-refractivity contribution >= 4 is 7.94 Å². The van der Waals surface area contributed by atoms with Crippen molar-refractivity contribution in [1.29, 1.82) is 0 Å². The topological polar surface area (TPSA) is 47.9 Å². The lowest BCUT2D eigenvalue weighted by molar-refractivity contribution is -0.107. The summed E-state index contributed by atoms with van der Waals surface area (Å²) < 4.78 is 16.5. The smallest absolute Gasteiger partial charge is 0.396 e. The highest BCUT2D eigenvalue weighted by Crippen LogP contribution is 2.69. The van der Waals surface area contributed by atoms with E-state index in [1.165, 1.54) is 0 Å². The van der Waals surface area contributed by atoms with E-state index in [4.69, 9.17) is 18.7 Å². The number of hydrogen-bond donors (Lipinski definition) is 1. The first kappa shape index (κ1) is 8.85. The first-order valence-electron chi connectivity index (χ1n) is 4.17. The first-order valence-corrected chi connectivity index (χ1v) is 5.90. The molecule has 0 amide bonds. The van der Waals surface area contributed by atoms with Crippen LogP contribution in [0, 0.1) is 5.41 Å². The number of aliphatic hydroxyl groups excluding tert-OH is 1. The third kappa shape index (κ3) is 1.19. The van der Waals surface area contributed by atoms with Gasteiger partial charge >= 0.3 is 7.94 Å². The molecule has 12 heavy (non-hydrogen) atoms. The van der Waals surface area contributed by atoms with E-state index in [2.05, 4.69) is 0 Å². The van der Waals surface area contributed by atoms with E-state index < -0.39 is 7.94 Å². The summed E-state index contributed by atoms with van der Waals surface area (Å²) in [4.78, 5) is 0. The highest BCUT2D eigenvalue weighted by molar-refractivity contribution is 7.61. The van der Waals surface area contributed by atoms with Crippen molar-refractivity contribution in [3.63, 3.8) is 0 Å².